The topological polar surface area (TPSA) is 35.5 Å². The number of carbonyl (C=O) groups is 1. The van der Waals surface area contributed by atoms with E-state index in [4.69, 9.17) is 9.47 Å². The molecule has 2 unspecified atom stereocenters. The summed E-state index contributed by atoms with van der Waals surface area (Å²) in [5.74, 6) is -0.121. The van der Waals surface area contributed by atoms with E-state index in [0.29, 0.717) is 6.42 Å². The van der Waals surface area contributed by atoms with Crippen LogP contribution in [0.5, 0.6) is 0 Å². The zero-order chi connectivity index (χ0) is 11.1. The molecule has 0 aromatic carbocycles. The van der Waals surface area contributed by atoms with Gasteiger partial charge in [0.25, 0.3) is 0 Å². The molecule has 2 atom stereocenters. The molecule has 1 heterocycles. The average Bonchev–Trinajstić information content (AvgIpc) is 2.65. The number of hydrogen-bond donors (Lipinski definition) is 0. The maximum atomic E-state index is 10.9. The van der Waals surface area contributed by atoms with Crippen molar-refractivity contribution in [1.82, 2.24) is 0 Å². The van der Waals surface area contributed by atoms with Crippen molar-refractivity contribution in [2.45, 2.75) is 51.2 Å². The Balaban J connectivity index is 2.23. The van der Waals surface area contributed by atoms with E-state index < -0.39 is 0 Å². The highest BCUT2D eigenvalue weighted by atomic mass is 16.6. The van der Waals surface area contributed by atoms with Gasteiger partial charge in [-0.2, -0.15) is 0 Å². The van der Waals surface area contributed by atoms with Gasteiger partial charge in [-0.15, -0.1) is 6.58 Å². The second-order valence-corrected chi connectivity index (χ2v) is 3.85. The molecule has 0 amide bonds. The van der Waals surface area contributed by atoms with E-state index in [9.17, 15) is 4.79 Å². The molecule has 0 aliphatic carbocycles. The molecule has 0 saturated carbocycles. The van der Waals surface area contributed by atoms with Crippen molar-refractivity contribution in [2.24, 2.45) is 0 Å². The molecule has 0 bridgehead atoms. The molecule has 1 aliphatic heterocycles. The van der Waals surface area contributed by atoms with E-state index in [2.05, 4.69) is 13.5 Å². The number of cyclic esters (lactones) is 1. The normalized spacial score (nSPS) is 22.5. The van der Waals surface area contributed by atoms with E-state index >= 15 is 0 Å². The van der Waals surface area contributed by atoms with Crippen LogP contribution in [0.3, 0.4) is 0 Å². The SMILES string of the molecule is C=CC(OCCCCC)C1CCC(=O)O1. The van der Waals surface area contributed by atoms with Crippen LogP contribution in [-0.2, 0) is 14.3 Å². The lowest BCUT2D eigenvalue weighted by molar-refractivity contribution is -0.145. The van der Waals surface area contributed by atoms with Crippen molar-refractivity contribution in [3.8, 4) is 0 Å². The van der Waals surface area contributed by atoms with Crippen LogP contribution in [-0.4, -0.2) is 24.8 Å². The van der Waals surface area contributed by atoms with Crippen molar-refractivity contribution in [1.29, 1.82) is 0 Å². The van der Waals surface area contributed by atoms with Crippen LogP contribution in [0.4, 0.5) is 0 Å². The lowest BCUT2D eigenvalue weighted by atomic mass is 10.1. The third-order valence-electron chi connectivity index (χ3n) is 2.57. The number of esters is 1. The smallest absolute Gasteiger partial charge is 0.306 e. The van der Waals surface area contributed by atoms with Crippen molar-refractivity contribution in [2.75, 3.05) is 6.61 Å². The lowest BCUT2D eigenvalue weighted by Crippen LogP contribution is -2.27. The number of unbranched alkanes of at least 4 members (excludes halogenated alkanes) is 2. The summed E-state index contributed by atoms with van der Waals surface area (Å²) in [6, 6.07) is 0. The van der Waals surface area contributed by atoms with E-state index in [1.807, 2.05) is 0 Å². The first-order chi connectivity index (χ1) is 7.27. The minimum atomic E-state index is -0.131. The van der Waals surface area contributed by atoms with Crippen LogP contribution in [0.2, 0.25) is 0 Å². The first kappa shape index (κ1) is 12.2. The largest absolute Gasteiger partial charge is 0.459 e. The molecule has 1 aliphatic rings. The lowest BCUT2D eigenvalue weighted by Gasteiger charge is -2.19. The summed E-state index contributed by atoms with van der Waals surface area (Å²) in [5.41, 5.74) is 0. The van der Waals surface area contributed by atoms with Crippen molar-refractivity contribution in [3.05, 3.63) is 12.7 Å². The standard InChI is InChI=1S/C12H20O3/c1-3-5-6-9-14-10(4-2)11-7-8-12(13)15-11/h4,10-11H,2-3,5-9H2,1H3. The van der Waals surface area contributed by atoms with Crippen LogP contribution >= 0.6 is 0 Å². The van der Waals surface area contributed by atoms with Crippen LogP contribution in [0.25, 0.3) is 0 Å². The Morgan fingerprint density at radius 1 is 1.67 bits per heavy atom. The zero-order valence-electron chi connectivity index (χ0n) is 9.41. The Morgan fingerprint density at radius 3 is 3.00 bits per heavy atom. The van der Waals surface area contributed by atoms with E-state index in [-0.39, 0.29) is 18.2 Å². The molecule has 3 heteroatoms. The van der Waals surface area contributed by atoms with Gasteiger partial charge >= 0.3 is 5.97 Å². The molecule has 0 aromatic rings. The molecule has 86 valence electrons. The van der Waals surface area contributed by atoms with E-state index in [1.165, 1.54) is 12.8 Å². The monoisotopic (exact) mass is 212 g/mol. The second-order valence-electron chi connectivity index (χ2n) is 3.85. The Bertz CT molecular complexity index is 213. The quantitative estimate of drug-likeness (QED) is 0.369. The number of rotatable bonds is 7. The maximum Gasteiger partial charge on any atom is 0.306 e. The summed E-state index contributed by atoms with van der Waals surface area (Å²) < 4.78 is 10.8. The molecule has 1 rings (SSSR count). The number of ether oxygens (including phenoxy) is 2. The van der Waals surface area contributed by atoms with Gasteiger partial charge in [0, 0.05) is 13.0 Å². The fraction of sp³-hybridized carbons (Fsp3) is 0.750. The molecule has 15 heavy (non-hydrogen) atoms. The van der Waals surface area contributed by atoms with Crippen molar-refractivity contribution in [3.63, 3.8) is 0 Å². The van der Waals surface area contributed by atoms with Crippen molar-refractivity contribution < 1.29 is 14.3 Å². The van der Waals surface area contributed by atoms with Gasteiger partial charge in [-0.25, -0.2) is 0 Å². The van der Waals surface area contributed by atoms with Crippen LogP contribution in [0.1, 0.15) is 39.0 Å². The first-order valence-corrected chi connectivity index (χ1v) is 5.71. The molecule has 0 spiro atoms. The highest BCUT2D eigenvalue weighted by Crippen LogP contribution is 2.20. The maximum absolute atomic E-state index is 10.9. The summed E-state index contributed by atoms with van der Waals surface area (Å²) in [7, 11) is 0. The van der Waals surface area contributed by atoms with E-state index in [1.54, 1.807) is 6.08 Å². The third kappa shape index (κ3) is 4.04. The van der Waals surface area contributed by atoms with Crippen molar-refractivity contribution >= 4 is 5.97 Å². The molecular weight excluding hydrogens is 192 g/mol. The average molecular weight is 212 g/mol. The number of carbonyl (C=O) groups excluding carboxylic acids is 1. The summed E-state index contributed by atoms with van der Waals surface area (Å²) in [4.78, 5) is 10.9. The number of hydrogen-bond acceptors (Lipinski definition) is 3. The zero-order valence-corrected chi connectivity index (χ0v) is 9.41. The minimum absolute atomic E-state index is 0.114. The van der Waals surface area contributed by atoms with Crippen LogP contribution in [0, 0.1) is 0 Å². The highest BCUT2D eigenvalue weighted by molar-refractivity contribution is 5.71. The molecule has 1 fully saturated rings. The van der Waals surface area contributed by atoms with Gasteiger partial charge in [0.15, 0.2) is 0 Å². The third-order valence-corrected chi connectivity index (χ3v) is 2.57. The van der Waals surface area contributed by atoms with Crippen LogP contribution < -0.4 is 0 Å². The molecule has 3 nitrogen and oxygen atoms in total. The van der Waals surface area contributed by atoms with Crippen LogP contribution in [0.15, 0.2) is 12.7 Å². The molecule has 1 saturated heterocycles. The van der Waals surface area contributed by atoms with Gasteiger partial charge in [0.1, 0.15) is 12.2 Å². The Morgan fingerprint density at radius 2 is 2.47 bits per heavy atom. The fourth-order valence-corrected chi connectivity index (χ4v) is 1.68. The molecule has 0 radical (unpaired) electrons. The molecule has 0 N–H and O–H groups in total. The Labute approximate surface area is 91.4 Å². The van der Waals surface area contributed by atoms with E-state index in [0.717, 1.165) is 19.4 Å². The highest BCUT2D eigenvalue weighted by Gasteiger charge is 2.29. The second kappa shape index (κ2) is 6.62. The summed E-state index contributed by atoms with van der Waals surface area (Å²) >= 11 is 0. The van der Waals surface area contributed by atoms with Gasteiger partial charge in [0.05, 0.1) is 0 Å². The summed E-state index contributed by atoms with van der Waals surface area (Å²) in [6.07, 6.45) is 6.16. The van der Waals surface area contributed by atoms with Gasteiger partial charge in [0.2, 0.25) is 0 Å². The molecular formula is C12H20O3. The molecule has 0 aromatic heterocycles. The summed E-state index contributed by atoms with van der Waals surface area (Å²) in [6.45, 7) is 6.59. The van der Waals surface area contributed by atoms with Gasteiger partial charge in [-0.3, -0.25) is 4.79 Å². The predicted octanol–water partition coefficient (Wildman–Crippen LogP) is 2.45. The van der Waals surface area contributed by atoms with Gasteiger partial charge in [-0.05, 0) is 12.8 Å². The van der Waals surface area contributed by atoms with Gasteiger partial charge in [-0.1, -0.05) is 25.8 Å². The van der Waals surface area contributed by atoms with Gasteiger partial charge < -0.3 is 9.47 Å². The summed E-state index contributed by atoms with van der Waals surface area (Å²) in [5, 5.41) is 0. The Hall–Kier alpha value is -0.830. The fourth-order valence-electron chi connectivity index (χ4n) is 1.68. The Kier molecular flexibility index (Phi) is 5.40. The first-order valence-electron chi connectivity index (χ1n) is 5.71. The minimum Gasteiger partial charge on any atom is -0.459 e. The predicted molar refractivity (Wildman–Crippen MR) is 58.6 cm³/mol.